The highest BCUT2D eigenvalue weighted by Crippen LogP contribution is 2.18. The van der Waals surface area contributed by atoms with Crippen LogP contribution >= 0.6 is 0 Å². The lowest BCUT2D eigenvalue weighted by Gasteiger charge is -2.11. The number of aromatic amines is 1. The Labute approximate surface area is 161 Å². The molecule has 7 heteroatoms. The lowest BCUT2D eigenvalue weighted by Crippen LogP contribution is -2.29. The molecule has 0 fully saturated rings. The first-order chi connectivity index (χ1) is 13.5. The molecule has 0 bridgehead atoms. The Kier molecular flexibility index (Phi) is 4.57. The van der Waals surface area contributed by atoms with Gasteiger partial charge in [-0.2, -0.15) is 4.98 Å². The van der Waals surface area contributed by atoms with Gasteiger partial charge in [-0.3, -0.25) is 18.9 Å². The van der Waals surface area contributed by atoms with E-state index in [2.05, 4.69) is 39.6 Å². The third-order valence-electron chi connectivity index (χ3n) is 4.76. The van der Waals surface area contributed by atoms with Crippen molar-refractivity contribution in [1.29, 1.82) is 0 Å². The molecular weight excluding hydrogens is 354 g/mol. The topological polar surface area (TPSA) is 84.7 Å². The predicted octanol–water partition coefficient (Wildman–Crippen LogP) is 2.39. The lowest BCUT2D eigenvalue weighted by molar-refractivity contribution is 0.806. The van der Waals surface area contributed by atoms with Gasteiger partial charge >= 0.3 is 5.69 Å². The van der Waals surface area contributed by atoms with Crippen LogP contribution in [-0.2, 0) is 20.1 Å². The van der Waals surface area contributed by atoms with Crippen LogP contribution in [0.4, 0.5) is 5.95 Å². The highest BCUT2D eigenvalue weighted by atomic mass is 16.2. The van der Waals surface area contributed by atoms with Crippen LogP contribution in [0.2, 0.25) is 0 Å². The first-order valence-electron chi connectivity index (χ1n) is 9.06. The fraction of sp³-hybridized carbons (Fsp3) is 0.190. The molecule has 0 aliphatic heterocycles. The molecule has 142 valence electrons. The SMILES string of the molecule is Cc1ccc(CNc2nc3c(c(=O)[nH]c(=O)n3C)n2Cc2ccccc2)cc1. The Morgan fingerprint density at radius 3 is 2.43 bits per heavy atom. The third kappa shape index (κ3) is 3.34. The first kappa shape index (κ1) is 17.8. The second-order valence-corrected chi connectivity index (χ2v) is 6.84. The molecule has 2 N–H and O–H groups in total. The van der Waals surface area contributed by atoms with Crippen LogP contribution in [0.3, 0.4) is 0 Å². The smallest absolute Gasteiger partial charge is 0.329 e. The minimum atomic E-state index is -0.480. The van der Waals surface area contributed by atoms with Crippen LogP contribution in [0.1, 0.15) is 16.7 Å². The van der Waals surface area contributed by atoms with Crippen molar-refractivity contribution in [3.05, 3.63) is 92.1 Å². The summed E-state index contributed by atoms with van der Waals surface area (Å²) in [5.41, 5.74) is 3.15. The standard InChI is InChI=1S/C21H21N5O2/c1-14-8-10-15(11-9-14)12-22-20-23-18-17(19(27)24-21(28)25(18)2)26(20)13-16-6-4-3-5-7-16/h3-11H,12-13H2,1-2H3,(H,22,23)(H,24,27,28). The number of aromatic nitrogens is 4. The zero-order chi connectivity index (χ0) is 19.7. The fourth-order valence-corrected chi connectivity index (χ4v) is 3.18. The van der Waals surface area contributed by atoms with Crippen molar-refractivity contribution >= 4 is 17.1 Å². The number of imidazole rings is 1. The molecule has 0 amide bonds. The zero-order valence-corrected chi connectivity index (χ0v) is 15.8. The summed E-state index contributed by atoms with van der Waals surface area (Å²) < 4.78 is 3.17. The van der Waals surface area contributed by atoms with Gasteiger partial charge in [0.15, 0.2) is 11.2 Å². The minimum absolute atomic E-state index is 0.357. The lowest BCUT2D eigenvalue weighted by atomic mass is 10.1. The van der Waals surface area contributed by atoms with Gasteiger partial charge in [-0.15, -0.1) is 0 Å². The molecule has 0 unspecified atom stereocenters. The normalized spacial score (nSPS) is 11.1. The first-order valence-corrected chi connectivity index (χ1v) is 9.06. The number of hydrogen-bond donors (Lipinski definition) is 2. The van der Waals surface area contributed by atoms with E-state index in [-0.39, 0.29) is 0 Å². The molecule has 28 heavy (non-hydrogen) atoms. The van der Waals surface area contributed by atoms with E-state index >= 15 is 0 Å². The summed E-state index contributed by atoms with van der Waals surface area (Å²) in [6.07, 6.45) is 0. The van der Waals surface area contributed by atoms with E-state index < -0.39 is 11.2 Å². The van der Waals surface area contributed by atoms with Gasteiger partial charge in [-0.05, 0) is 18.1 Å². The predicted molar refractivity (Wildman–Crippen MR) is 110 cm³/mol. The Balaban J connectivity index is 1.79. The molecule has 0 aliphatic rings. The Morgan fingerprint density at radius 2 is 1.71 bits per heavy atom. The molecule has 4 rings (SSSR count). The van der Waals surface area contributed by atoms with E-state index in [0.29, 0.717) is 30.2 Å². The summed E-state index contributed by atoms with van der Waals surface area (Å²) in [4.78, 5) is 31.4. The molecule has 2 aromatic heterocycles. The number of H-pyrrole nitrogens is 1. The van der Waals surface area contributed by atoms with Gasteiger partial charge in [0.2, 0.25) is 5.95 Å². The number of benzene rings is 2. The van der Waals surface area contributed by atoms with Crippen LogP contribution in [0.5, 0.6) is 0 Å². The van der Waals surface area contributed by atoms with Crippen molar-refractivity contribution in [1.82, 2.24) is 19.1 Å². The molecule has 0 spiro atoms. The van der Waals surface area contributed by atoms with Crippen molar-refractivity contribution in [2.45, 2.75) is 20.0 Å². The van der Waals surface area contributed by atoms with Crippen molar-refractivity contribution < 1.29 is 0 Å². The average molecular weight is 375 g/mol. The maximum Gasteiger partial charge on any atom is 0.329 e. The van der Waals surface area contributed by atoms with Gasteiger partial charge < -0.3 is 5.32 Å². The van der Waals surface area contributed by atoms with Crippen LogP contribution in [0.25, 0.3) is 11.2 Å². The van der Waals surface area contributed by atoms with Gasteiger partial charge in [0.1, 0.15) is 0 Å². The van der Waals surface area contributed by atoms with Crippen molar-refractivity contribution in [3.63, 3.8) is 0 Å². The average Bonchev–Trinajstić information content (AvgIpc) is 3.05. The van der Waals surface area contributed by atoms with Crippen LogP contribution in [0, 0.1) is 6.92 Å². The maximum absolute atomic E-state index is 12.5. The molecule has 4 aromatic rings. The van der Waals surface area contributed by atoms with Gasteiger partial charge in [0, 0.05) is 13.6 Å². The van der Waals surface area contributed by atoms with Crippen LogP contribution in [-0.4, -0.2) is 19.1 Å². The number of aryl methyl sites for hydroxylation is 2. The third-order valence-corrected chi connectivity index (χ3v) is 4.76. The monoisotopic (exact) mass is 375 g/mol. The number of fused-ring (bicyclic) bond motifs is 1. The van der Waals surface area contributed by atoms with Crippen molar-refractivity contribution in [2.24, 2.45) is 7.05 Å². The Hall–Kier alpha value is -3.61. The Morgan fingerprint density at radius 1 is 1.00 bits per heavy atom. The van der Waals surface area contributed by atoms with E-state index in [9.17, 15) is 9.59 Å². The van der Waals surface area contributed by atoms with E-state index in [4.69, 9.17) is 0 Å². The van der Waals surface area contributed by atoms with E-state index in [0.717, 1.165) is 11.1 Å². The number of rotatable bonds is 5. The summed E-state index contributed by atoms with van der Waals surface area (Å²) in [6, 6.07) is 18.0. The van der Waals surface area contributed by atoms with E-state index in [1.165, 1.54) is 10.1 Å². The maximum atomic E-state index is 12.5. The second kappa shape index (κ2) is 7.19. The van der Waals surface area contributed by atoms with Crippen molar-refractivity contribution in [3.8, 4) is 0 Å². The summed E-state index contributed by atoms with van der Waals surface area (Å²) in [5, 5.41) is 3.32. The van der Waals surface area contributed by atoms with Gasteiger partial charge in [-0.1, -0.05) is 60.2 Å². The second-order valence-electron chi connectivity index (χ2n) is 6.84. The molecule has 0 saturated heterocycles. The Bertz CT molecular complexity index is 1230. The largest absolute Gasteiger partial charge is 0.351 e. The van der Waals surface area contributed by atoms with Gasteiger partial charge in [0.25, 0.3) is 5.56 Å². The quantitative estimate of drug-likeness (QED) is 0.561. The molecule has 2 aromatic carbocycles. The minimum Gasteiger partial charge on any atom is -0.351 e. The molecule has 0 radical (unpaired) electrons. The number of nitrogens with one attached hydrogen (secondary N) is 2. The number of hydrogen-bond acceptors (Lipinski definition) is 4. The van der Waals surface area contributed by atoms with Gasteiger partial charge in [0.05, 0.1) is 6.54 Å². The molecule has 0 aliphatic carbocycles. The highest BCUT2D eigenvalue weighted by Gasteiger charge is 2.17. The van der Waals surface area contributed by atoms with Crippen molar-refractivity contribution in [2.75, 3.05) is 5.32 Å². The summed E-state index contributed by atoms with van der Waals surface area (Å²) >= 11 is 0. The van der Waals surface area contributed by atoms with Crippen LogP contribution in [0.15, 0.2) is 64.2 Å². The number of anilines is 1. The molecule has 7 nitrogen and oxygen atoms in total. The zero-order valence-electron chi connectivity index (χ0n) is 15.8. The molecule has 2 heterocycles. The van der Waals surface area contributed by atoms with E-state index in [1.807, 2.05) is 41.8 Å². The molecular formula is C21H21N5O2. The van der Waals surface area contributed by atoms with E-state index in [1.54, 1.807) is 7.05 Å². The molecule has 0 saturated carbocycles. The van der Waals surface area contributed by atoms with Crippen LogP contribution < -0.4 is 16.6 Å². The molecule has 0 atom stereocenters. The fourth-order valence-electron chi connectivity index (χ4n) is 3.18. The summed E-state index contributed by atoms with van der Waals surface area (Å²) in [6.45, 7) is 3.07. The summed E-state index contributed by atoms with van der Waals surface area (Å²) in [7, 11) is 1.60. The number of nitrogens with zero attached hydrogens (tertiary/aromatic N) is 3. The van der Waals surface area contributed by atoms with Gasteiger partial charge in [-0.25, -0.2) is 4.79 Å². The summed E-state index contributed by atoms with van der Waals surface area (Å²) in [5.74, 6) is 0.547. The highest BCUT2D eigenvalue weighted by molar-refractivity contribution is 5.74.